The minimum atomic E-state index is 0.230. The Morgan fingerprint density at radius 2 is 1.87 bits per heavy atom. The molecule has 0 aromatic carbocycles. The predicted molar refractivity (Wildman–Crippen MR) is 92.1 cm³/mol. The predicted octanol–water partition coefficient (Wildman–Crippen LogP) is 2.14. The molecule has 2 heterocycles. The van der Waals surface area contributed by atoms with Gasteiger partial charge in [0.1, 0.15) is 0 Å². The molecule has 4 rings (SSSR count). The van der Waals surface area contributed by atoms with Crippen LogP contribution < -0.4 is 10.6 Å². The Morgan fingerprint density at radius 3 is 2.48 bits per heavy atom. The second kappa shape index (κ2) is 6.36. The van der Waals surface area contributed by atoms with Gasteiger partial charge in [0.05, 0.1) is 6.54 Å². The first-order valence-corrected chi connectivity index (χ1v) is 9.84. The van der Waals surface area contributed by atoms with Crippen LogP contribution in [0.1, 0.15) is 58.3 Å². The van der Waals surface area contributed by atoms with Gasteiger partial charge in [0.15, 0.2) is 0 Å². The Balaban J connectivity index is 1.25. The molecular weight excluding hydrogens is 286 g/mol. The van der Waals surface area contributed by atoms with E-state index >= 15 is 0 Å². The summed E-state index contributed by atoms with van der Waals surface area (Å²) in [5.74, 6) is 2.80. The van der Waals surface area contributed by atoms with Gasteiger partial charge in [0.2, 0.25) is 5.91 Å². The monoisotopic (exact) mass is 319 g/mol. The highest BCUT2D eigenvalue weighted by molar-refractivity contribution is 5.78. The number of amides is 1. The third-order valence-corrected chi connectivity index (χ3v) is 7.29. The molecule has 0 aromatic heterocycles. The molecule has 4 bridgehead atoms. The van der Waals surface area contributed by atoms with E-state index in [0.29, 0.717) is 30.7 Å². The van der Waals surface area contributed by atoms with E-state index in [0.717, 1.165) is 17.8 Å². The second-order valence-corrected chi connectivity index (χ2v) is 8.87. The van der Waals surface area contributed by atoms with Crippen LogP contribution in [0.4, 0.5) is 0 Å². The van der Waals surface area contributed by atoms with Crippen LogP contribution in [-0.2, 0) is 4.79 Å². The molecule has 1 amide bonds. The van der Waals surface area contributed by atoms with Crippen LogP contribution in [0.15, 0.2) is 0 Å². The molecule has 130 valence electrons. The molecule has 0 spiro atoms. The van der Waals surface area contributed by atoms with Gasteiger partial charge >= 0.3 is 0 Å². The average Bonchev–Trinajstić information content (AvgIpc) is 3.22. The molecular formula is C19H33N3O. The van der Waals surface area contributed by atoms with Gasteiger partial charge in [0.25, 0.3) is 0 Å². The number of hydrogen-bond donors (Lipinski definition) is 2. The fraction of sp³-hybridized carbons (Fsp3) is 0.947. The highest BCUT2D eigenvalue weighted by atomic mass is 16.2. The molecule has 2 saturated heterocycles. The SMILES string of the molecule is CC(NC(=O)CN(C)C1CC2CCC(C1)N2)C1CC2CCC1C2. The lowest BCUT2D eigenvalue weighted by Crippen LogP contribution is -2.50. The molecule has 2 saturated carbocycles. The fourth-order valence-corrected chi connectivity index (χ4v) is 6.06. The highest BCUT2D eigenvalue weighted by Crippen LogP contribution is 2.49. The Hall–Kier alpha value is -0.610. The summed E-state index contributed by atoms with van der Waals surface area (Å²) < 4.78 is 0. The molecule has 4 heteroatoms. The normalized spacial score (nSPS) is 43.1. The number of nitrogens with one attached hydrogen (secondary N) is 2. The maximum atomic E-state index is 12.5. The first-order chi connectivity index (χ1) is 11.1. The summed E-state index contributed by atoms with van der Waals surface area (Å²) in [6.45, 7) is 2.79. The molecule has 2 aliphatic carbocycles. The molecule has 0 radical (unpaired) electrons. The molecule has 4 nitrogen and oxygen atoms in total. The van der Waals surface area contributed by atoms with Crippen LogP contribution in [0.3, 0.4) is 0 Å². The molecule has 4 aliphatic rings. The Kier molecular flexibility index (Phi) is 4.39. The van der Waals surface area contributed by atoms with Gasteiger partial charge in [-0.15, -0.1) is 0 Å². The molecule has 6 atom stereocenters. The van der Waals surface area contributed by atoms with Crippen LogP contribution in [0.2, 0.25) is 0 Å². The van der Waals surface area contributed by atoms with E-state index in [2.05, 4.69) is 29.5 Å². The van der Waals surface area contributed by atoms with E-state index in [4.69, 9.17) is 0 Å². The number of carbonyl (C=O) groups excluding carboxylic acids is 1. The van der Waals surface area contributed by atoms with E-state index in [9.17, 15) is 4.79 Å². The lowest BCUT2D eigenvalue weighted by Gasteiger charge is -2.35. The summed E-state index contributed by atoms with van der Waals surface area (Å²) in [7, 11) is 2.14. The van der Waals surface area contributed by atoms with E-state index in [1.54, 1.807) is 0 Å². The average molecular weight is 319 g/mol. The maximum absolute atomic E-state index is 12.5. The molecule has 2 N–H and O–H groups in total. The smallest absolute Gasteiger partial charge is 0.234 e. The summed E-state index contributed by atoms with van der Waals surface area (Å²) >= 11 is 0. The summed E-state index contributed by atoms with van der Waals surface area (Å²) in [5.41, 5.74) is 0. The number of piperidine rings is 1. The van der Waals surface area contributed by atoms with Gasteiger partial charge in [0, 0.05) is 24.2 Å². The van der Waals surface area contributed by atoms with Crippen molar-refractivity contribution in [1.82, 2.24) is 15.5 Å². The van der Waals surface area contributed by atoms with Crippen molar-refractivity contribution in [2.24, 2.45) is 17.8 Å². The zero-order valence-corrected chi connectivity index (χ0v) is 14.8. The zero-order valence-electron chi connectivity index (χ0n) is 14.8. The van der Waals surface area contributed by atoms with E-state index in [1.807, 2.05) is 0 Å². The molecule has 4 fully saturated rings. The van der Waals surface area contributed by atoms with Gasteiger partial charge in [-0.2, -0.15) is 0 Å². The number of carbonyl (C=O) groups is 1. The van der Waals surface area contributed by atoms with E-state index in [-0.39, 0.29) is 5.91 Å². The molecule has 0 aromatic rings. The molecule has 2 aliphatic heterocycles. The number of likely N-dealkylation sites (N-methyl/N-ethyl adjacent to an activating group) is 1. The van der Waals surface area contributed by atoms with Crippen LogP contribution in [0, 0.1) is 17.8 Å². The first-order valence-electron chi connectivity index (χ1n) is 9.84. The van der Waals surface area contributed by atoms with Crippen LogP contribution in [-0.4, -0.2) is 48.6 Å². The van der Waals surface area contributed by atoms with Crippen molar-refractivity contribution in [3.63, 3.8) is 0 Å². The van der Waals surface area contributed by atoms with Crippen molar-refractivity contribution in [2.75, 3.05) is 13.6 Å². The Bertz CT molecular complexity index is 442. The topological polar surface area (TPSA) is 44.4 Å². The van der Waals surface area contributed by atoms with Crippen molar-refractivity contribution >= 4 is 5.91 Å². The van der Waals surface area contributed by atoms with Gasteiger partial charge in [-0.05, 0) is 76.7 Å². The third kappa shape index (κ3) is 3.30. The lowest BCUT2D eigenvalue weighted by atomic mass is 9.84. The standard InChI is InChI=1S/C19H33N3O/c1-12(18-8-13-3-4-14(18)7-13)20-19(23)11-22(2)17-9-15-5-6-16(10-17)21-15/h12-18,21H,3-11H2,1-2H3,(H,20,23). The first kappa shape index (κ1) is 15.9. The fourth-order valence-electron chi connectivity index (χ4n) is 6.06. The van der Waals surface area contributed by atoms with Crippen LogP contribution in [0.5, 0.6) is 0 Å². The minimum absolute atomic E-state index is 0.230. The zero-order chi connectivity index (χ0) is 16.0. The van der Waals surface area contributed by atoms with Gasteiger partial charge in [-0.3, -0.25) is 9.69 Å². The third-order valence-electron chi connectivity index (χ3n) is 7.29. The summed E-state index contributed by atoms with van der Waals surface area (Å²) in [5, 5.41) is 7.00. The highest BCUT2D eigenvalue weighted by Gasteiger charge is 2.42. The number of nitrogens with zero attached hydrogens (tertiary/aromatic N) is 1. The largest absolute Gasteiger partial charge is 0.352 e. The molecule has 6 unspecified atom stereocenters. The van der Waals surface area contributed by atoms with Crippen LogP contribution in [0.25, 0.3) is 0 Å². The molecule has 23 heavy (non-hydrogen) atoms. The summed E-state index contributed by atoms with van der Waals surface area (Å²) in [6, 6.07) is 2.32. The van der Waals surface area contributed by atoms with Crippen molar-refractivity contribution < 1.29 is 4.79 Å². The number of fused-ring (bicyclic) bond motifs is 4. The number of rotatable bonds is 5. The number of hydrogen-bond acceptors (Lipinski definition) is 3. The minimum Gasteiger partial charge on any atom is -0.352 e. The lowest BCUT2D eigenvalue weighted by molar-refractivity contribution is -0.123. The van der Waals surface area contributed by atoms with E-state index in [1.165, 1.54) is 51.4 Å². The van der Waals surface area contributed by atoms with Crippen molar-refractivity contribution in [2.45, 2.75) is 82.5 Å². The quantitative estimate of drug-likeness (QED) is 0.816. The maximum Gasteiger partial charge on any atom is 0.234 e. The second-order valence-electron chi connectivity index (χ2n) is 8.87. The van der Waals surface area contributed by atoms with Crippen molar-refractivity contribution in [1.29, 1.82) is 0 Å². The Morgan fingerprint density at radius 1 is 1.13 bits per heavy atom. The van der Waals surface area contributed by atoms with Gasteiger partial charge in [-0.25, -0.2) is 0 Å². The van der Waals surface area contributed by atoms with E-state index < -0.39 is 0 Å². The summed E-state index contributed by atoms with van der Waals surface area (Å²) in [4.78, 5) is 14.8. The van der Waals surface area contributed by atoms with Gasteiger partial charge in [-0.1, -0.05) is 6.42 Å². The van der Waals surface area contributed by atoms with Crippen molar-refractivity contribution in [3.8, 4) is 0 Å². The van der Waals surface area contributed by atoms with Crippen molar-refractivity contribution in [3.05, 3.63) is 0 Å². The van der Waals surface area contributed by atoms with Crippen LogP contribution >= 0.6 is 0 Å². The Labute approximate surface area is 140 Å². The van der Waals surface area contributed by atoms with Gasteiger partial charge < -0.3 is 10.6 Å². The summed E-state index contributed by atoms with van der Waals surface area (Å²) in [6.07, 6.45) is 10.7.